The fourth-order valence-corrected chi connectivity index (χ4v) is 3.97. The number of hydrogen-bond donors (Lipinski definition) is 1. The molecule has 7 nitrogen and oxygen atoms in total. The summed E-state index contributed by atoms with van der Waals surface area (Å²) in [5.74, 6) is 1.49. The Hall–Kier alpha value is -3.21. The zero-order valence-electron chi connectivity index (χ0n) is 18.0. The molecule has 0 unspecified atom stereocenters. The molecule has 1 heterocycles. The second-order valence-electron chi connectivity index (χ2n) is 7.82. The summed E-state index contributed by atoms with van der Waals surface area (Å²) in [6.45, 7) is 5.35. The first-order valence-corrected chi connectivity index (χ1v) is 10.5. The quantitative estimate of drug-likeness (QED) is 0.546. The third-order valence-corrected chi connectivity index (χ3v) is 5.34. The molecule has 7 heteroatoms. The number of fused-ring (bicyclic) bond motifs is 1. The number of ether oxygens (including phenoxy) is 2. The van der Waals surface area contributed by atoms with E-state index in [1.807, 2.05) is 32.0 Å². The Kier molecular flexibility index (Phi) is 6.31. The minimum absolute atomic E-state index is 0.0130. The molecule has 1 aromatic heterocycles. The van der Waals surface area contributed by atoms with E-state index in [1.165, 1.54) is 11.1 Å². The van der Waals surface area contributed by atoms with Crippen LogP contribution in [0.25, 0.3) is 22.8 Å². The summed E-state index contributed by atoms with van der Waals surface area (Å²) in [4.78, 5) is 4.63. The second kappa shape index (κ2) is 9.29. The molecule has 0 fully saturated rings. The Morgan fingerprint density at radius 2 is 2.16 bits per heavy atom. The third kappa shape index (κ3) is 4.46. The van der Waals surface area contributed by atoms with E-state index in [-0.39, 0.29) is 6.10 Å². The third-order valence-electron chi connectivity index (χ3n) is 5.34. The molecule has 0 spiro atoms. The Morgan fingerprint density at radius 3 is 2.94 bits per heavy atom. The monoisotopic (exact) mass is 418 g/mol. The highest BCUT2D eigenvalue weighted by Crippen LogP contribution is 2.37. The molecule has 1 aliphatic carbocycles. The summed E-state index contributed by atoms with van der Waals surface area (Å²) in [5.41, 5.74) is 4.66. The molecule has 3 aromatic rings. The Bertz CT molecular complexity index is 1100. The van der Waals surface area contributed by atoms with Crippen molar-refractivity contribution in [3.8, 4) is 34.7 Å². The van der Waals surface area contributed by atoms with Gasteiger partial charge in [0.25, 0.3) is 5.89 Å². The predicted octanol–water partition coefficient (Wildman–Crippen LogP) is 4.29. The van der Waals surface area contributed by atoms with E-state index in [4.69, 9.17) is 14.0 Å². The zero-order chi connectivity index (χ0) is 21.8. The van der Waals surface area contributed by atoms with E-state index in [0.717, 1.165) is 24.9 Å². The summed E-state index contributed by atoms with van der Waals surface area (Å²) in [6, 6.07) is 14.0. The first kappa shape index (κ1) is 21.0. The van der Waals surface area contributed by atoms with Gasteiger partial charge in [-0.3, -0.25) is 0 Å². The van der Waals surface area contributed by atoms with Crippen molar-refractivity contribution in [2.24, 2.45) is 0 Å². The summed E-state index contributed by atoms with van der Waals surface area (Å²) in [6.07, 6.45) is 1.98. The highest BCUT2D eigenvalue weighted by Gasteiger charge is 2.26. The highest BCUT2D eigenvalue weighted by molar-refractivity contribution is 5.67. The summed E-state index contributed by atoms with van der Waals surface area (Å²) < 4.78 is 16.4. The van der Waals surface area contributed by atoms with Crippen molar-refractivity contribution in [3.63, 3.8) is 0 Å². The van der Waals surface area contributed by atoms with Crippen LogP contribution < -0.4 is 10.1 Å². The van der Waals surface area contributed by atoms with Crippen LogP contribution in [-0.2, 0) is 11.2 Å². The molecule has 31 heavy (non-hydrogen) atoms. The van der Waals surface area contributed by atoms with Crippen molar-refractivity contribution in [2.75, 3.05) is 20.3 Å². The molecule has 0 saturated heterocycles. The molecule has 1 atom stereocenters. The fourth-order valence-electron chi connectivity index (χ4n) is 3.97. The lowest BCUT2D eigenvalue weighted by Crippen LogP contribution is -2.23. The van der Waals surface area contributed by atoms with Crippen LogP contribution in [0.1, 0.15) is 43.0 Å². The SMILES string of the molecule is COCCN[C@H]1CCc2c(-c3noc(-c4ccc(OC(C)C)c(C#N)c4)n3)cccc21. The van der Waals surface area contributed by atoms with E-state index < -0.39 is 0 Å². The Morgan fingerprint density at radius 1 is 1.29 bits per heavy atom. The Labute approximate surface area is 182 Å². The van der Waals surface area contributed by atoms with Crippen molar-refractivity contribution in [1.29, 1.82) is 5.26 Å². The molecular weight excluding hydrogens is 392 g/mol. The van der Waals surface area contributed by atoms with Gasteiger partial charge in [0.1, 0.15) is 11.8 Å². The van der Waals surface area contributed by atoms with Crippen molar-refractivity contribution in [3.05, 3.63) is 53.1 Å². The van der Waals surface area contributed by atoms with Crippen molar-refractivity contribution in [1.82, 2.24) is 15.5 Å². The van der Waals surface area contributed by atoms with Gasteiger partial charge in [-0.25, -0.2) is 0 Å². The van der Waals surface area contributed by atoms with Crippen LogP contribution in [0.2, 0.25) is 0 Å². The highest BCUT2D eigenvalue weighted by atomic mass is 16.5. The maximum absolute atomic E-state index is 9.48. The zero-order valence-corrected chi connectivity index (χ0v) is 18.0. The maximum Gasteiger partial charge on any atom is 0.258 e. The van der Waals surface area contributed by atoms with E-state index >= 15 is 0 Å². The number of aromatic nitrogens is 2. The van der Waals surface area contributed by atoms with Gasteiger partial charge < -0.3 is 19.3 Å². The number of benzene rings is 2. The smallest absolute Gasteiger partial charge is 0.258 e. The van der Waals surface area contributed by atoms with Gasteiger partial charge in [0, 0.05) is 30.8 Å². The molecular formula is C24H26N4O3. The summed E-state index contributed by atoms with van der Waals surface area (Å²) >= 11 is 0. The van der Waals surface area contributed by atoms with Gasteiger partial charge in [-0.15, -0.1) is 0 Å². The van der Waals surface area contributed by atoms with Crippen LogP contribution in [0.3, 0.4) is 0 Å². The molecule has 4 rings (SSSR count). The molecule has 0 saturated carbocycles. The van der Waals surface area contributed by atoms with E-state index in [0.29, 0.717) is 41.2 Å². The number of hydrogen-bond acceptors (Lipinski definition) is 7. The average molecular weight is 418 g/mol. The largest absolute Gasteiger partial charge is 0.490 e. The molecule has 0 bridgehead atoms. The average Bonchev–Trinajstić information content (AvgIpc) is 3.41. The van der Waals surface area contributed by atoms with Gasteiger partial charge in [-0.1, -0.05) is 23.4 Å². The van der Waals surface area contributed by atoms with Gasteiger partial charge in [0.2, 0.25) is 5.82 Å². The lowest BCUT2D eigenvalue weighted by atomic mass is 10.0. The van der Waals surface area contributed by atoms with Crippen molar-refractivity contribution >= 4 is 0 Å². The number of methoxy groups -OCH3 is 1. The standard InChI is InChI=1S/C24H26N4O3/c1-15(2)30-22-10-7-16(13-17(22)14-25)24-27-23(28-31-24)20-6-4-5-19-18(20)8-9-21(19)26-11-12-29-3/h4-7,10,13,15,21,26H,8-9,11-12H2,1-3H3/t21-/m0/s1. The molecule has 1 N–H and O–H groups in total. The van der Waals surface area contributed by atoms with Crippen LogP contribution >= 0.6 is 0 Å². The molecule has 160 valence electrons. The van der Waals surface area contributed by atoms with Gasteiger partial charge in [0.05, 0.1) is 18.3 Å². The summed E-state index contributed by atoms with van der Waals surface area (Å²) in [7, 11) is 1.71. The number of nitrogens with one attached hydrogen (secondary N) is 1. The minimum Gasteiger partial charge on any atom is -0.490 e. The van der Waals surface area contributed by atoms with Crippen LogP contribution in [0.5, 0.6) is 5.75 Å². The van der Waals surface area contributed by atoms with Crippen molar-refractivity contribution in [2.45, 2.75) is 38.8 Å². The van der Waals surface area contributed by atoms with Crippen LogP contribution in [0.15, 0.2) is 40.9 Å². The first-order chi connectivity index (χ1) is 15.1. The van der Waals surface area contributed by atoms with Gasteiger partial charge >= 0.3 is 0 Å². The maximum atomic E-state index is 9.48. The molecule has 2 aromatic carbocycles. The van der Waals surface area contributed by atoms with Gasteiger partial charge in [-0.2, -0.15) is 10.2 Å². The molecule has 0 aliphatic heterocycles. The van der Waals surface area contributed by atoms with Crippen molar-refractivity contribution < 1.29 is 14.0 Å². The van der Waals surface area contributed by atoms with E-state index in [9.17, 15) is 5.26 Å². The predicted molar refractivity (Wildman–Crippen MR) is 117 cm³/mol. The molecule has 1 aliphatic rings. The lowest BCUT2D eigenvalue weighted by molar-refractivity contribution is 0.195. The number of rotatable bonds is 8. The molecule has 0 amide bonds. The second-order valence-corrected chi connectivity index (χ2v) is 7.82. The number of nitriles is 1. The normalized spacial score (nSPS) is 15.1. The van der Waals surface area contributed by atoms with Crippen LogP contribution in [0.4, 0.5) is 0 Å². The topological polar surface area (TPSA) is 93.2 Å². The van der Waals surface area contributed by atoms with Crippen LogP contribution in [-0.4, -0.2) is 36.5 Å². The fraction of sp³-hybridized carbons (Fsp3) is 0.375. The van der Waals surface area contributed by atoms with E-state index in [1.54, 1.807) is 19.2 Å². The first-order valence-electron chi connectivity index (χ1n) is 10.5. The van der Waals surface area contributed by atoms with E-state index in [2.05, 4.69) is 27.6 Å². The molecule has 0 radical (unpaired) electrons. The Balaban J connectivity index is 1.60. The minimum atomic E-state index is -0.0130. The lowest BCUT2D eigenvalue weighted by Gasteiger charge is -2.14. The van der Waals surface area contributed by atoms with Gasteiger partial charge in [0.15, 0.2) is 0 Å². The van der Waals surface area contributed by atoms with Crippen LogP contribution in [0, 0.1) is 11.3 Å². The van der Waals surface area contributed by atoms with Gasteiger partial charge in [-0.05, 0) is 56.0 Å². The summed E-state index contributed by atoms with van der Waals surface area (Å²) in [5, 5.41) is 17.3. The number of nitrogens with zero attached hydrogens (tertiary/aromatic N) is 3.